The number of aryl methyl sites for hydroxylation is 1. The van der Waals surface area contributed by atoms with Gasteiger partial charge in [-0.3, -0.25) is 4.79 Å². The van der Waals surface area contributed by atoms with Crippen LogP contribution in [0, 0.1) is 6.92 Å². The molecule has 0 unspecified atom stereocenters. The lowest BCUT2D eigenvalue weighted by Gasteiger charge is -2.15. The summed E-state index contributed by atoms with van der Waals surface area (Å²) in [6, 6.07) is 6.45. The van der Waals surface area contributed by atoms with Crippen molar-refractivity contribution in [2.45, 2.75) is 18.2 Å². The van der Waals surface area contributed by atoms with Gasteiger partial charge in [-0.25, -0.2) is 12.7 Å². The molecule has 1 aliphatic rings. The quantitative estimate of drug-likeness (QED) is 0.748. The van der Waals surface area contributed by atoms with Crippen LogP contribution in [0.4, 0.5) is 0 Å². The number of sulfonamides is 1. The number of rotatable bonds is 2. The highest BCUT2D eigenvalue weighted by Gasteiger charge is 2.34. The van der Waals surface area contributed by atoms with Crippen molar-refractivity contribution in [2.24, 2.45) is 0 Å². The van der Waals surface area contributed by atoms with Crippen molar-refractivity contribution >= 4 is 15.9 Å². The highest BCUT2D eigenvalue weighted by atomic mass is 32.2. The van der Waals surface area contributed by atoms with Crippen LogP contribution < -0.4 is 0 Å². The molecule has 5 heteroatoms. The predicted octanol–water partition coefficient (Wildman–Crippen LogP) is 1.47. The summed E-state index contributed by atoms with van der Waals surface area (Å²) >= 11 is 0. The first-order valence-corrected chi connectivity index (χ1v) is 6.68. The number of amides is 1. The Morgan fingerprint density at radius 2 is 1.82 bits per heavy atom. The zero-order chi connectivity index (χ0) is 12.6. The lowest BCUT2D eigenvalue weighted by molar-refractivity contribution is -0.120. The lowest BCUT2D eigenvalue weighted by Crippen LogP contribution is -2.32. The molecule has 1 saturated heterocycles. The van der Waals surface area contributed by atoms with Gasteiger partial charge in [0.1, 0.15) is 0 Å². The van der Waals surface area contributed by atoms with Gasteiger partial charge in [-0.15, -0.1) is 0 Å². The Bertz CT molecular complexity index is 572. The summed E-state index contributed by atoms with van der Waals surface area (Å²) in [6.07, 6.45) is 0.407. The topological polar surface area (TPSA) is 54.5 Å². The monoisotopic (exact) mass is 251 g/mol. The second kappa shape index (κ2) is 4.00. The van der Waals surface area contributed by atoms with E-state index < -0.39 is 15.9 Å². The molecule has 17 heavy (non-hydrogen) atoms. The molecule has 0 saturated carbocycles. The normalized spacial score (nSPS) is 16.6. The fourth-order valence-corrected chi connectivity index (χ4v) is 3.10. The van der Waals surface area contributed by atoms with Crippen LogP contribution in [0.15, 0.2) is 41.3 Å². The van der Waals surface area contributed by atoms with E-state index in [1.165, 1.54) is 12.1 Å². The van der Waals surface area contributed by atoms with Gasteiger partial charge in [0.2, 0.25) is 0 Å². The smallest absolute Gasteiger partial charge is 0.266 e. The molecule has 1 aromatic rings. The second-order valence-electron chi connectivity index (χ2n) is 4.05. The molecule has 0 atom stereocenters. The third kappa shape index (κ3) is 1.98. The van der Waals surface area contributed by atoms with Gasteiger partial charge in [-0.1, -0.05) is 24.3 Å². The van der Waals surface area contributed by atoms with E-state index in [1.807, 2.05) is 6.92 Å². The maximum Gasteiger partial charge on any atom is 0.266 e. The number of carbonyl (C=O) groups is 1. The molecule has 1 aliphatic heterocycles. The summed E-state index contributed by atoms with van der Waals surface area (Å²) in [5.74, 6) is -0.495. The van der Waals surface area contributed by atoms with E-state index in [4.69, 9.17) is 0 Å². The average molecular weight is 251 g/mol. The zero-order valence-corrected chi connectivity index (χ0v) is 10.3. The molecule has 0 spiro atoms. The molecule has 0 N–H and O–H groups in total. The minimum absolute atomic E-state index is 0.145. The number of nitrogens with zero attached hydrogens (tertiary/aromatic N) is 1. The van der Waals surface area contributed by atoms with Crippen molar-refractivity contribution < 1.29 is 13.2 Å². The lowest BCUT2D eigenvalue weighted by atomic mass is 10.2. The van der Waals surface area contributed by atoms with Gasteiger partial charge >= 0.3 is 0 Å². The fourth-order valence-electron chi connectivity index (χ4n) is 1.69. The van der Waals surface area contributed by atoms with Crippen LogP contribution in [0.3, 0.4) is 0 Å². The maximum absolute atomic E-state index is 12.2. The Morgan fingerprint density at radius 3 is 2.29 bits per heavy atom. The minimum atomic E-state index is -3.71. The fraction of sp³-hybridized carbons (Fsp3) is 0.250. The molecule has 0 radical (unpaired) electrons. The van der Waals surface area contributed by atoms with Crippen LogP contribution in [-0.4, -0.2) is 25.2 Å². The Hall–Kier alpha value is -1.62. The van der Waals surface area contributed by atoms with Crippen LogP contribution in [0.5, 0.6) is 0 Å². The van der Waals surface area contributed by atoms with Crippen molar-refractivity contribution in [1.29, 1.82) is 0 Å². The molecular weight excluding hydrogens is 238 g/mol. The molecule has 2 rings (SSSR count). The van der Waals surface area contributed by atoms with E-state index in [1.54, 1.807) is 12.1 Å². The Morgan fingerprint density at radius 1 is 1.24 bits per heavy atom. The first-order chi connectivity index (χ1) is 7.93. The van der Waals surface area contributed by atoms with E-state index >= 15 is 0 Å². The first-order valence-electron chi connectivity index (χ1n) is 5.24. The maximum atomic E-state index is 12.2. The molecule has 1 aromatic carbocycles. The molecule has 90 valence electrons. The molecule has 4 nitrogen and oxygen atoms in total. The highest BCUT2D eigenvalue weighted by Crippen LogP contribution is 2.24. The van der Waals surface area contributed by atoms with Gasteiger partial charge in [0.25, 0.3) is 15.9 Å². The third-order valence-corrected chi connectivity index (χ3v) is 4.55. The van der Waals surface area contributed by atoms with Crippen LogP contribution in [0.2, 0.25) is 0 Å². The summed E-state index contributed by atoms with van der Waals surface area (Å²) < 4.78 is 25.2. The van der Waals surface area contributed by atoms with Crippen LogP contribution in [0.1, 0.15) is 12.0 Å². The Kier molecular flexibility index (Phi) is 2.79. The van der Waals surface area contributed by atoms with Crippen molar-refractivity contribution in [3.63, 3.8) is 0 Å². The van der Waals surface area contributed by atoms with Crippen molar-refractivity contribution in [1.82, 2.24) is 4.31 Å². The number of hydrogen-bond acceptors (Lipinski definition) is 3. The highest BCUT2D eigenvalue weighted by molar-refractivity contribution is 7.89. The molecule has 0 bridgehead atoms. The van der Waals surface area contributed by atoms with Gasteiger partial charge < -0.3 is 0 Å². The Balaban J connectivity index is 2.41. The van der Waals surface area contributed by atoms with E-state index in [0.717, 1.165) is 9.87 Å². The summed E-state index contributed by atoms with van der Waals surface area (Å²) in [4.78, 5) is 11.8. The molecule has 1 amide bonds. The summed E-state index contributed by atoms with van der Waals surface area (Å²) in [7, 11) is -3.71. The van der Waals surface area contributed by atoms with Crippen molar-refractivity contribution in [3.8, 4) is 0 Å². The van der Waals surface area contributed by atoms with Gasteiger partial charge in [-0.2, -0.15) is 0 Å². The number of benzene rings is 1. The molecule has 0 aliphatic carbocycles. The third-order valence-electron chi connectivity index (χ3n) is 2.75. The van der Waals surface area contributed by atoms with Crippen molar-refractivity contribution in [3.05, 3.63) is 42.0 Å². The number of hydrogen-bond donors (Lipinski definition) is 0. The van der Waals surface area contributed by atoms with Crippen LogP contribution >= 0.6 is 0 Å². The second-order valence-corrected chi connectivity index (χ2v) is 5.91. The Labute approximate surface area is 101 Å². The zero-order valence-electron chi connectivity index (χ0n) is 9.51. The first kappa shape index (κ1) is 11.9. The average Bonchev–Trinajstić information content (AvgIpc) is 2.61. The predicted molar refractivity (Wildman–Crippen MR) is 63.8 cm³/mol. The van der Waals surface area contributed by atoms with Crippen LogP contribution in [0.25, 0.3) is 0 Å². The molecule has 0 aromatic heterocycles. The summed E-state index contributed by atoms with van der Waals surface area (Å²) in [5.41, 5.74) is 1.32. The molecular formula is C12H13NO3S. The van der Waals surface area contributed by atoms with E-state index in [-0.39, 0.29) is 11.4 Å². The van der Waals surface area contributed by atoms with Crippen LogP contribution in [-0.2, 0) is 14.8 Å². The van der Waals surface area contributed by atoms with Gasteiger partial charge in [0, 0.05) is 12.1 Å². The summed E-state index contributed by atoms with van der Waals surface area (Å²) in [6.45, 7) is 5.61. The van der Waals surface area contributed by atoms with E-state index in [2.05, 4.69) is 6.58 Å². The summed E-state index contributed by atoms with van der Waals surface area (Å²) in [5, 5.41) is 0. The molecule has 1 heterocycles. The number of carbonyl (C=O) groups excluding carboxylic acids is 1. The van der Waals surface area contributed by atoms with Gasteiger partial charge in [0.15, 0.2) is 0 Å². The van der Waals surface area contributed by atoms with Crippen molar-refractivity contribution in [2.75, 3.05) is 6.54 Å². The SMILES string of the molecule is C=C1CCN(S(=O)(=O)c2ccc(C)cc2)C1=O. The standard InChI is InChI=1S/C12H13NO3S/c1-9-3-5-11(6-4-9)17(15,16)13-8-7-10(2)12(13)14/h3-6H,2,7-8H2,1H3. The minimum Gasteiger partial charge on any atom is -0.268 e. The molecule has 1 fully saturated rings. The van der Waals surface area contributed by atoms with Gasteiger partial charge in [0.05, 0.1) is 4.90 Å². The van der Waals surface area contributed by atoms with Gasteiger partial charge in [-0.05, 0) is 25.5 Å². The largest absolute Gasteiger partial charge is 0.268 e. The van der Waals surface area contributed by atoms with E-state index in [0.29, 0.717) is 12.0 Å². The van der Waals surface area contributed by atoms with E-state index in [9.17, 15) is 13.2 Å².